The molecule has 0 amide bonds. The Morgan fingerprint density at radius 2 is 2.26 bits per heavy atom. The molecular formula is C14H18N4O. The lowest BCUT2D eigenvalue weighted by Gasteiger charge is -2.32. The van der Waals surface area contributed by atoms with Crippen molar-refractivity contribution in [1.82, 2.24) is 19.7 Å². The van der Waals surface area contributed by atoms with E-state index in [0.29, 0.717) is 0 Å². The van der Waals surface area contributed by atoms with Crippen LogP contribution in [0.2, 0.25) is 0 Å². The second kappa shape index (κ2) is 5.95. The van der Waals surface area contributed by atoms with Crippen LogP contribution in [0.4, 0.5) is 0 Å². The van der Waals surface area contributed by atoms with Crippen molar-refractivity contribution in [3.63, 3.8) is 0 Å². The molecule has 0 aromatic carbocycles. The van der Waals surface area contributed by atoms with E-state index < -0.39 is 0 Å². The van der Waals surface area contributed by atoms with Crippen LogP contribution in [0, 0.1) is 0 Å². The van der Waals surface area contributed by atoms with Crippen LogP contribution in [0.15, 0.2) is 42.9 Å². The van der Waals surface area contributed by atoms with Gasteiger partial charge in [-0.3, -0.25) is 14.6 Å². The molecule has 5 heteroatoms. The third-order valence-corrected chi connectivity index (χ3v) is 3.28. The van der Waals surface area contributed by atoms with Gasteiger partial charge in [0.2, 0.25) is 0 Å². The van der Waals surface area contributed by atoms with Crippen LogP contribution in [0.1, 0.15) is 5.69 Å². The average Bonchev–Trinajstić information content (AvgIpc) is 2.93. The van der Waals surface area contributed by atoms with Crippen LogP contribution >= 0.6 is 0 Å². The van der Waals surface area contributed by atoms with Gasteiger partial charge >= 0.3 is 0 Å². The topological polar surface area (TPSA) is 43.2 Å². The van der Waals surface area contributed by atoms with Gasteiger partial charge in [0.05, 0.1) is 24.9 Å². The Morgan fingerprint density at radius 1 is 1.26 bits per heavy atom. The molecule has 3 heterocycles. The lowest BCUT2D eigenvalue weighted by molar-refractivity contribution is -0.0405. The van der Waals surface area contributed by atoms with E-state index in [1.165, 1.54) is 0 Å². The summed E-state index contributed by atoms with van der Waals surface area (Å²) in [5.74, 6) is 0. The molecule has 0 radical (unpaired) electrons. The molecule has 0 unspecified atom stereocenters. The molecule has 0 N–H and O–H groups in total. The summed E-state index contributed by atoms with van der Waals surface area (Å²) in [5, 5.41) is 4.23. The maximum Gasteiger partial charge on any atom is 0.0898 e. The normalized spacial score (nSPS) is 20.5. The smallest absolute Gasteiger partial charge is 0.0898 e. The Kier molecular flexibility index (Phi) is 3.86. The molecule has 0 spiro atoms. The van der Waals surface area contributed by atoms with E-state index in [2.05, 4.69) is 21.0 Å². The van der Waals surface area contributed by atoms with Crippen LogP contribution in [0.25, 0.3) is 0 Å². The Balaban J connectivity index is 1.56. The number of aromatic nitrogens is 3. The van der Waals surface area contributed by atoms with Crippen molar-refractivity contribution < 1.29 is 4.74 Å². The molecule has 0 saturated carbocycles. The highest BCUT2D eigenvalue weighted by atomic mass is 16.5. The molecule has 1 atom stereocenters. The predicted molar refractivity (Wildman–Crippen MR) is 71.5 cm³/mol. The fourth-order valence-electron chi connectivity index (χ4n) is 2.37. The van der Waals surface area contributed by atoms with Gasteiger partial charge in [0.15, 0.2) is 0 Å². The molecule has 1 aliphatic heterocycles. The van der Waals surface area contributed by atoms with Crippen LogP contribution in [0.3, 0.4) is 0 Å². The number of pyridine rings is 1. The van der Waals surface area contributed by atoms with Crippen LogP contribution in [0.5, 0.6) is 0 Å². The van der Waals surface area contributed by atoms with Crippen molar-refractivity contribution in [3.05, 3.63) is 48.5 Å². The van der Waals surface area contributed by atoms with Gasteiger partial charge in [-0.15, -0.1) is 0 Å². The van der Waals surface area contributed by atoms with E-state index in [1.807, 2.05) is 35.3 Å². The van der Waals surface area contributed by atoms with Crippen LogP contribution in [-0.4, -0.2) is 45.5 Å². The fraction of sp³-hybridized carbons (Fsp3) is 0.429. The first-order valence-electron chi connectivity index (χ1n) is 6.61. The largest absolute Gasteiger partial charge is 0.374 e. The second-order valence-electron chi connectivity index (χ2n) is 4.78. The Hall–Kier alpha value is -1.72. The van der Waals surface area contributed by atoms with Gasteiger partial charge in [0.1, 0.15) is 0 Å². The second-order valence-corrected chi connectivity index (χ2v) is 4.78. The number of rotatable bonds is 4. The van der Waals surface area contributed by atoms with Crippen molar-refractivity contribution in [2.75, 3.05) is 19.7 Å². The minimum absolute atomic E-state index is 0.206. The molecule has 2 aromatic rings. The summed E-state index contributed by atoms with van der Waals surface area (Å²) in [6, 6.07) is 7.99. The van der Waals surface area contributed by atoms with Gasteiger partial charge in [-0.2, -0.15) is 5.10 Å². The van der Waals surface area contributed by atoms with Gasteiger partial charge in [-0.05, 0) is 18.2 Å². The Morgan fingerprint density at radius 3 is 3.05 bits per heavy atom. The van der Waals surface area contributed by atoms with Gasteiger partial charge in [-0.1, -0.05) is 6.07 Å². The van der Waals surface area contributed by atoms with Gasteiger partial charge < -0.3 is 4.74 Å². The van der Waals surface area contributed by atoms with Crippen LogP contribution < -0.4 is 0 Å². The first-order chi connectivity index (χ1) is 9.40. The lowest BCUT2D eigenvalue weighted by atomic mass is 10.2. The Labute approximate surface area is 112 Å². The number of morpholine rings is 1. The molecule has 3 rings (SSSR count). The molecule has 0 aliphatic carbocycles. The highest BCUT2D eigenvalue weighted by Gasteiger charge is 2.21. The third-order valence-electron chi connectivity index (χ3n) is 3.28. The molecule has 1 saturated heterocycles. The summed E-state index contributed by atoms with van der Waals surface area (Å²) in [6.07, 6.45) is 5.82. The molecule has 1 aliphatic rings. The van der Waals surface area contributed by atoms with E-state index in [-0.39, 0.29) is 6.10 Å². The molecule has 1 fully saturated rings. The first-order valence-corrected chi connectivity index (χ1v) is 6.61. The molecule has 5 nitrogen and oxygen atoms in total. The number of nitrogens with zero attached hydrogens (tertiary/aromatic N) is 4. The van der Waals surface area contributed by atoms with Crippen molar-refractivity contribution >= 4 is 0 Å². The summed E-state index contributed by atoms with van der Waals surface area (Å²) >= 11 is 0. The summed E-state index contributed by atoms with van der Waals surface area (Å²) in [6.45, 7) is 4.37. The van der Waals surface area contributed by atoms with Gasteiger partial charge in [-0.25, -0.2) is 0 Å². The van der Waals surface area contributed by atoms with E-state index in [1.54, 1.807) is 6.20 Å². The SMILES string of the molecule is c1ccc(CN2CCO[C@H](Cn3cccn3)C2)nc1. The third kappa shape index (κ3) is 3.39. The highest BCUT2D eigenvalue weighted by Crippen LogP contribution is 2.10. The highest BCUT2D eigenvalue weighted by molar-refractivity contribution is 5.03. The summed E-state index contributed by atoms with van der Waals surface area (Å²) in [7, 11) is 0. The average molecular weight is 258 g/mol. The first kappa shape index (κ1) is 12.3. The standard InChI is InChI=1S/C14H18N4O/c1-2-5-15-13(4-1)10-17-8-9-19-14(11-17)12-18-7-3-6-16-18/h1-7,14H,8-12H2/t14-/m0/s1. The number of ether oxygens (including phenoxy) is 1. The van der Waals surface area contributed by atoms with Crippen molar-refractivity contribution in [2.24, 2.45) is 0 Å². The quantitative estimate of drug-likeness (QED) is 0.826. The van der Waals surface area contributed by atoms with Crippen molar-refractivity contribution in [3.8, 4) is 0 Å². The van der Waals surface area contributed by atoms with Gasteiger partial charge in [0.25, 0.3) is 0 Å². The number of hydrogen-bond donors (Lipinski definition) is 0. The zero-order chi connectivity index (χ0) is 12.9. The zero-order valence-corrected chi connectivity index (χ0v) is 10.9. The van der Waals surface area contributed by atoms with E-state index in [0.717, 1.165) is 38.5 Å². The summed E-state index contributed by atoms with van der Waals surface area (Å²) in [5.41, 5.74) is 1.11. The van der Waals surface area contributed by atoms with Crippen molar-refractivity contribution in [1.29, 1.82) is 0 Å². The minimum Gasteiger partial charge on any atom is -0.374 e. The molecule has 19 heavy (non-hydrogen) atoms. The lowest BCUT2D eigenvalue weighted by Crippen LogP contribution is -2.43. The maximum absolute atomic E-state index is 5.80. The molecule has 100 valence electrons. The predicted octanol–water partition coefficient (Wildman–Crippen LogP) is 1.18. The molecular weight excluding hydrogens is 240 g/mol. The fourth-order valence-corrected chi connectivity index (χ4v) is 2.37. The minimum atomic E-state index is 0.206. The van der Waals surface area contributed by atoms with E-state index in [4.69, 9.17) is 4.74 Å². The summed E-state index contributed by atoms with van der Waals surface area (Å²) in [4.78, 5) is 6.76. The zero-order valence-electron chi connectivity index (χ0n) is 10.9. The van der Waals surface area contributed by atoms with Crippen LogP contribution in [-0.2, 0) is 17.8 Å². The van der Waals surface area contributed by atoms with Gasteiger partial charge in [0, 0.05) is 38.2 Å². The Bertz CT molecular complexity index is 485. The summed E-state index contributed by atoms with van der Waals surface area (Å²) < 4.78 is 7.72. The number of hydrogen-bond acceptors (Lipinski definition) is 4. The molecule has 2 aromatic heterocycles. The maximum atomic E-state index is 5.80. The van der Waals surface area contributed by atoms with E-state index >= 15 is 0 Å². The monoisotopic (exact) mass is 258 g/mol. The van der Waals surface area contributed by atoms with Crippen molar-refractivity contribution in [2.45, 2.75) is 19.2 Å². The van der Waals surface area contributed by atoms with E-state index in [9.17, 15) is 0 Å². The molecule has 0 bridgehead atoms.